The summed E-state index contributed by atoms with van der Waals surface area (Å²) in [4.78, 5) is 28.9. The number of nitrogens with zero attached hydrogens (tertiary/aromatic N) is 3. The van der Waals surface area contributed by atoms with Gasteiger partial charge in [0, 0.05) is 47.1 Å². The van der Waals surface area contributed by atoms with Crippen molar-refractivity contribution in [2.45, 2.75) is 50.4 Å². The van der Waals surface area contributed by atoms with Crippen LogP contribution >= 0.6 is 0 Å². The Balaban J connectivity index is 1.82. The van der Waals surface area contributed by atoms with Gasteiger partial charge in [-0.25, -0.2) is 0 Å². The molecule has 0 spiro atoms. The summed E-state index contributed by atoms with van der Waals surface area (Å²) in [5.41, 5.74) is 0.762. The quantitative estimate of drug-likeness (QED) is 0.680. The van der Waals surface area contributed by atoms with Gasteiger partial charge in [0.15, 0.2) is 0 Å². The van der Waals surface area contributed by atoms with E-state index in [1.54, 1.807) is 49.2 Å². The molecule has 0 unspecified atom stereocenters. The number of likely N-dealkylation sites (N-methyl/N-ethyl adjacent to an activating group) is 1. The standard InChI is InChI=1S/C23H31N3O5/c1-25-11-4-5-22(27)26(2)15-21-20(29-3)9-7-17(31-21)10-12-30-19-8-6-16(14-24)13-18(19)23(25)28/h6,8,13,17,20-21H,4-5,7,9-12,15H2,1-3H3/t17-,20+,21-/m0/s1. The fraction of sp³-hybridized carbons (Fsp3) is 0.609. The highest BCUT2D eigenvalue weighted by Crippen LogP contribution is 2.26. The number of nitriles is 1. The molecule has 2 amide bonds. The van der Waals surface area contributed by atoms with Gasteiger partial charge in [0.2, 0.25) is 5.91 Å². The number of carbonyl (C=O) groups is 2. The Morgan fingerprint density at radius 3 is 2.71 bits per heavy atom. The lowest BCUT2D eigenvalue weighted by Crippen LogP contribution is -2.47. The van der Waals surface area contributed by atoms with E-state index in [0.717, 1.165) is 12.8 Å². The van der Waals surface area contributed by atoms with Crippen LogP contribution in [-0.2, 0) is 14.3 Å². The average molecular weight is 430 g/mol. The number of hydrogen-bond donors (Lipinski definition) is 0. The number of amides is 2. The maximum absolute atomic E-state index is 13.0. The van der Waals surface area contributed by atoms with E-state index in [0.29, 0.717) is 55.8 Å². The first-order valence-corrected chi connectivity index (χ1v) is 10.8. The molecule has 1 aromatic carbocycles. The van der Waals surface area contributed by atoms with E-state index in [9.17, 15) is 14.9 Å². The van der Waals surface area contributed by atoms with Crippen molar-refractivity contribution in [1.29, 1.82) is 5.26 Å². The van der Waals surface area contributed by atoms with Crippen molar-refractivity contribution < 1.29 is 23.8 Å². The van der Waals surface area contributed by atoms with E-state index < -0.39 is 0 Å². The Morgan fingerprint density at radius 1 is 1.16 bits per heavy atom. The topological polar surface area (TPSA) is 92.1 Å². The Hall–Kier alpha value is -2.63. The van der Waals surface area contributed by atoms with Gasteiger partial charge < -0.3 is 24.0 Å². The monoisotopic (exact) mass is 429 g/mol. The Bertz CT molecular complexity index is 837. The van der Waals surface area contributed by atoms with Crippen LogP contribution < -0.4 is 4.74 Å². The molecule has 2 heterocycles. The molecule has 1 aromatic rings. The number of fused-ring (bicyclic) bond motifs is 3. The summed E-state index contributed by atoms with van der Waals surface area (Å²) in [7, 11) is 5.16. The smallest absolute Gasteiger partial charge is 0.257 e. The summed E-state index contributed by atoms with van der Waals surface area (Å²) < 4.78 is 17.8. The second-order valence-electron chi connectivity index (χ2n) is 8.21. The van der Waals surface area contributed by atoms with Crippen molar-refractivity contribution in [3.63, 3.8) is 0 Å². The van der Waals surface area contributed by atoms with Crippen molar-refractivity contribution in [3.05, 3.63) is 29.3 Å². The Morgan fingerprint density at radius 2 is 1.97 bits per heavy atom. The number of benzene rings is 1. The van der Waals surface area contributed by atoms with Crippen LogP contribution in [0.3, 0.4) is 0 Å². The van der Waals surface area contributed by atoms with Crippen LogP contribution in [0.15, 0.2) is 18.2 Å². The molecule has 168 valence electrons. The predicted molar refractivity (Wildman–Crippen MR) is 114 cm³/mol. The van der Waals surface area contributed by atoms with Gasteiger partial charge in [-0.1, -0.05) is 0 Å². The van der Waals surface area contributed by atoms with Crippen LogP contribution in [0.1, 0.15) is 48.0 Å². The lowest BCUT2D eigenvalue weighted by molar-refractivity contribution is -0.150. The third kappa shape index (κ3) is 5.75. The third-order valence-electron chi connectivity index (χ3n) is 6.00. The zero-order valence-electron chi connectivity index (χ0n) is 18.5. The molecule has 0 aliphatic carbocycles. The third-order valence-corrected chi connectivity index (χ3v) is 6.00. The van der Waals surface area contributed by atoms with Gasteiger partial charge in [-0.2, -0.15) is 5.26 Å². The van der Waals surface area contributed by atoms with Crippen molar-refractivity contribution in [2.75, 3.05) is 40.9 Å². The fourth-order valence-corrected chi connectivity index (χ4v) is 4.11. The van der Waals surface area contributed by atoms with Crippen LogP contribution in [0.5, 0.6) is 5.75 Å². The van der Waals surface area contributed by atoms with Gasteiger partial charge in [0.25, 0.3) is 5.91 Å². The molecule has 8 heteroatoms. The van der Waals surface area contributed by atoms with Gasteiger partial charge >= 0.3 is 0 Å². The summed E-state index contributed by atoms with van der Waals surface area (Å²) in [6.07, 6.45) is 3.02. The molecular formula is C23H31N3O5. The van der Waals surface area contributed by atoms with Crippen LogP contribution in [-0.4, -0.2) is 80.8 Å². The lowest BCUT2D eigenvalue weighted by Gasteiger charge is -2.37. The SMILES string of the molecule is CO[C@@H]1CC[C@H]2CCOc3ccc(C#N)cc3C(=O)N(C)CCCC(=O)N(C)C[C@@H]1O2. The molecule has 0 saturated carbocycles. The molecule has 2 bridgehead atoms. The van der Waals surface area contributed by atoms with E-state index in [4.69, 9.17) is 14.2 Å². The van der Waals surface area contributed by atoms with Crippen molar-refractivity contribution >= 4 is 11.8 Å². The zero-order valence-corrected chi connectivity index (χ0v) is 18.5. The zero-order chi connectivity index (χ0) is 22.4. The highest BCUT2D eigenvalue weighted by molar-refractivity contribution is 5.97. The van der Waals surface area contributed by atoms with Crippen LogP contribution in [0.2, 0.25) is 0 Å². The molecule has 0 N–H and O–H groups in total. The normalized spacial score (nSPS) is 26.1. The summed E-state index contributed by atoms with van der Waals surface area (Å²) in [5, 5.41) is 9.24. The van der Waals surface area contributed by atoms with Crippen LogP contribution in [0, 0.1) is 11.3 Å². The van der Waals surface area contributed by atoms with Gasteiger partial charge in [0.1, 0.15) is 11.9 Å². The first-order chi connectivity index (χ1) is 14.9. The molecule has 8 nitrogen and oxygen atoms in total. The molecule has 3 atom stereocenters. The van der Waals surface area contributed by atoms with Crippen molar-refractivity contribution in [2.24, 2.45) is 0 Å². The largest absolute Gasteiger partial charge is 0.493 e. The van der Waals surface area contributed by atoms with E-state index in [1.165, 1.54) is 0 Å². The maximum atomic E-state index is 13.0. The fourth-order valence-electron chi connectivity index (χ4n) is 4.11. The Kier molecular flexibility index (Phi) is 7.88. The van der Waals surface area contributed by atoms with E-state index in [2.05, 4.69) is 6.07 Å². The second-order valence-corrected chi connectivity index (χ2v) is 8.21. The highest BCUT2D eigenvalue weighted by atomic mass is 16.5. The molecule has 1 saturated heterocycles. The second kappa shape index (κ2) is 10.6. The minimum absolute atomic E-state index is 0.00647. The molecule has 3 rings (SSSR count). The van der Waals surface area contributed by atoms with Gasteiger partial charge in [-0.05, 0) is 37.5 Å². The van der Waals surface area contributed by atoms with Gasteiger partial charge in [-0.15, -0.1) is 0 Å². The first kappa shape index (κ1) is 23.0. The van der Waals surface area contributed by atoms with Crippen LogP contribution in [0.25, 0.3) is 0 Å². The number of methoxy groups -OCH3 is 1. The molecular weight excluding hydrogens is 398 g/mol. The number of rotatable bonds is 1. The molecule has 2 aliphatic heterocycles. The predicted octanol–water partition coefficient (Wildman–Crippen LogP) is 2.21. The van der Waals surface area contributed by atoms with E-state index in [1.807, 2.05) is 0 Å². The lowest BCUT2D eigenvalue weighted by atomic mass is 9.98. The van der Waals surface area contributed by atoms with E-state index in [-0.39, 0.29) is 30.1 Å². The van der Waals surface area contributed by atoms with Crippen molar-refractivity contribution in [3.8, 4) is 11.8 Å². The number of ether oxygens (including phenoxy) is 3. The molecule has 2 aliphatic rings. The minimum atomic E-state index is -0.225. The van der Waals surface area contributed by atoms with Crippen molar-refractivity contribution in [1.82, 2.24) is 9.80 Å². The van der Waals surface area contributed by atoms with Gasteiger partial charge in [0.05, 0.1) is 36.0 Å². The number of carbonyl (C=O) groups excluding carboxylic acids is 2. The molecule has 1 fully saturated rings. The summed E-state index contributed by atoms with van der Waals surface area (Å²) in [6, 6.07) is 6.96. The Labute approximate surface area is 183 Å². The molecule has 0 radical (unpaired) electrons. The van der Waals surface area contributed by atoms with E-state index >= 15 is 0 Å². The highest BCUT2D eigenvalue weighted by Gasteiger charge is 2.33. The summed E-state index contributed by atoms with van der Waals surface area (Å²) >= 11 is 0. The minimum Gasteiger partial charge on any atom is -0.493 e. The van der Waals surface area contributed by atoms with Crippen LogP contribution in [0.4, 0.5) is 0 Å². The molecule has 31 heavy (non-hydrogen) atoms. The van der Waals surface area contributed by atoms with Gasteiger partial charge in [-0.3, -0.25) is 9.59 Å². The maximum Gasteiger partial charge on any atom is 0.257 e. The first-order valence-electron chi connectivity index (χ1n) is 10.8. The summed E-state index contributed by atoms with van der Waals surface area (Å²) in [5.74, 6) is 0.252. The summed E-state index contributed by atoms with van der Waals surface area (Å²) in [6.45, 7) is 1.29. The average Bonchev–Trinajstić information content (AvgIpc) is 2.78. The molecule has 0 aromatic heterocycles. The number of hydrogen-bond acceptors (Lipinski definition) is 6.